The Morgan fingerprint density at radius 3 is 2.24 bits per heavy atom. The molecule has 1 unspecified atom stereocenters. The van der Waals surface area contributed by atoms with Crippen LogP contribution in [-0.4, -0.2) is 0 Å². The first-order chi connectivity index (χ1) is 9.71. The van der Waals surface area contributed by atoms with Crippen molar-refractivity contribution in [1.82, 2.24) is 0 Å². The van der Waals surface area contributed by atoms with Gasteiger partial charge in [-0.2, -0.15) is 13.2 Å². The summed E-state index contributed by atoms with van der Waals surface area (Å²) >= 11 is 9.77. The number of rotatable bonds is 2. The molecule has 0 aliphatic heterocycles. The summed E-state index contributed by atoms with van der Waals surface area (Å²) in [7, 11) is 0. The molecular weight excluding hydrogens is 365 g/mol. The minimum atomic E-state index is -4.41. The highest BCUT2D eigenvalue weighted by atomic mass is 79.9. The fraction of sp³-hybridized carbons (Fsp3) is 0.250. The lowest BCUT2D eigenvalue weighted by atomic mass is 9.95. The zero-order valence-corrected chi connectivity index (χ0v) is 13.8. The molecule has 0 bridgehead atoms. The lowest BCUT2D eigenvalue weighted by Crippen LogP contribution is -2.11. The quantitative estimate of drug-likeness (QED) is 0.530. The molecule has 0 aliphatic rings. The lowest BCUT2D eigenvalue weighted by Gasteiger charge is -2.19. The third-order valence-electron chi connectivity index (χ3n) is 3.36. The van der Waals surface area contributed by atoms with Crippen LogP contribution in [0.1, 0.15) is 33.2 Å². The number of hydrogen-bond acceptors (Lipinski definition) is 0. The van der Waals surface area contributed by atoms with Gasteiger partial charge in [0.1, 0.15) is 0 Å². The van der Waals surface area contributed by atoms with E-state index >= 15 is 0 Å². The van der Waals surface area contributed by atoms with Crippen LogP contribution in [0, 0.1) is 13.8 Å². The van der Waals surface area contributed by atoms with E-state index < -0.39 is 17.1 Å². The van der Waals surface area contributed by atoms with Crippen LogP contribution < -0.4 is 0 Å². The average molecular weight is 378 g/mol. The molecule has 0 fully saturated rings. The molecule has 112 valence electrons. The van der Waals surface area contributed by atoms with Gasteiger partial charge in [-0.25, -0.2) is 0 Å². The Morgan fingerprint density at radius 2 is 1.62 bits per heavy atom. The predicted octanol–water partition coefficient (Wildman–Crippen LogP) is 6.41. The van der Waals surface area contributed by atoms with Crippen molar-refractivity contribution < 1.29 is 13.2 Å². The van der Waals surface area contributed by atoms with Crippen molar-refractivity contribution in [3.8, 4) is 0 Å². The Hall–Kier alpha value is -1.00. The maximum Gasteiger partial charge on any atom is 0.416 e. The second-order valence-electron chi connectivity index (χ2n) is 4.91. The van der Waals surface area contributed by atoms with E-state index in [9.17, 15) is 13.2 Å². The van der Waals surface area contributed by atoms with Crippen LogP contribution in [0.4, 0.5) is 13.2 Å². The molecule has 0 saturated heterocycles. The highest BCUT2D eigenvalue weighted by molar-refractivity contribution is 9.10. The summed E-state index contributed by atoms with van der Waals surface area (Å²) in [6.07, 6.45) is -4.41. The maximum absolute atomic E-state index is 13.1. The second-order valence-corrected chi connectivity index (χ2v) is 6.20. The van der Waals surface area contributed by atoms with E-state index in [1.807, 2.05) is 26.0 Å². The van der Waals surface area contributed by atoms with Gasteiger partial charge in [-0.05, 0) is 48.2 Å². The Morgan fingerprint density at radius 1 is 1.00 bits per heavy atom. The van der Waals surface area contributed by atoms with Crippen molar-refractivity contribution in [2.24, 2.45) is 0 Å². The van der Waals surface area contributed by atoms with Crippen LogP contribution in [0.25, 0.3) is 0 Å². The molecule has 0 heterocycles. The van der Waals surface area contributed by atoms with Crippen LogP contribution in [0.3, 0.4) is 0 Å². The van der Waals surface area contributed by atoms with Crippen LogP contribution in [0.5, 0.6) is 0 Å². The van der Waals surface area contributed by atoms with Gasteiger partial charge in [0.15, 0.2) is 0 Å². The minimum absolute atomic E-state index is 0.0801. The summed E-state index contributed by atoms with van der Waals surface area (Å²) < 4.78 is 40.2. The summed E-state index contributed by atoms with van der Waals surface area (Å²) in [5.41, 5.74) is 1.87. The zero-order valence-electron chi connectivity index (χ0n) is 11.4. The average Bonchev–Trinajstić information content (AvgIpc) is 2.41. The van der Waals surface area contributed by atoms with E-state index in [-0.39, 0.29) is 5.56 Å². The second kappa shape index (κ2) is 6.01. The predicted molar refractivity (Wildman–Crippen MR) is 82.8 cm³/mol. The molecule has 5 heteroatoms. The van der Waals surface area contributed by atoms with Crippen LogP contribution in [0.15, 0.2) is 40.9 Å². The smallest absolute Gasteiger partial charge is 0.166 e. The van der Waals surface area contributed by atoms with Crippen molar-refractivity contribution in [3.05, 3.63) is 68.7 Å². The van der Waals surface area contributed by atoms with Crippen molar-refractivity contribution in [3.63, 3.8) is 0 Å². The topological polar surface area (TPSA) is 0 Å². The highest BCUT2D eigenvalue weighted by Gasteiger charge is 2.35. The van der Waals surface area contributed by atoms with Crippen molar-refractivity contribution in [1.29, 1.82) is 0 Å². The molecule has 21 heavy (non-hydrogen) atoms. The molecule has 2 aromatic rings. The molecule has 0 spiro atoms. The van der Waals surface area contributed by atoms with Crippen molar-refractivity contribution in [2.45, 2.75) is 25.4 Å². The Kier molecular flexibility index (Phi) is 4.69. The van der Waals surface area contributed by atoms with Gasteiger partial charge in [0.2, 0.25) is 0 Å². The first kappa shape index (κ1) is 16.4. The SMILES string of the molecule is Cc1cc(C(Cl)c2ccccc2C(F)(F)F)c(C)cc1Br. The summed E-state index contributed by atoms with van der Waals surface area (Å²) in [4.78, 5) is 0. The molecule has 1 atom stereocenters. The maximum atomic E-state index is 13.1. The largest absolute Gasteiger partial charge is 0.416 e. The summed E-state index contributed by atoms with van der Waals surface area (Å²) in [6, 6.07) is 9.13. The molecule has 0 amide bonds. The van der Waals surface area contributed by atoms with Gasteiger partial charge in [0.05, 0.1) is 10.9 Å². The minimum Gasteiger partial charge on any atom is -0.166 e. The van der Waals surface area contributed by atoms with Crippen LogP contribution >= 0.6 is 27.5 Å². The van der Waals surface area contributed by atoms with E-state index in [2.05, 4.69) is 15.9 Å². The van der Waals surface area contributed by atoms with Crippen molar-refractivity contribution in [2.75, 3.05) is 0 Å². The van der Waals surface area contributed by atoms with Gasteiger partial charge in [-0.15, -0.1) is 11.6 Å². The van der Waals surface area contributed by atoms with E-state index in [1.54, 1.807) is 6.07 Å². The monoisotopic (exact) mass is 376 g/mol. The molecule has 2 rings (SSSR count). The van der Waals surface area contributed by atoms with E-state index in [1.165, 1.54) is 12.1 Å². The molecule has 2 aromatic carbocycles. The molecule has 0 radical (unpaired) electrons. The first-order valence-corrected chi connectivity index (χ1v) is 7.51. The number of hydrogen-bond donors (Lipinski definition) is 0. The van der Waals surface area contributed by atoms with Gasteiger partial charge in [0.25, 0.3) is 0 Å². The van der Waals surface area contributed by atoms with E-state index in [0.29, 0.717) is 5.56 Å². The molecule has 0 saturated carbocycles. The molecule has 0 aliphatic carbocycles. The molecule has 0 aromatic heterocycles. The van der Waals surface area contributed by atoms with Gasteiger partial charge < -0.3 is 0 Å². The van der Waals surface area contributed by atoms with Gasteiger partial charge in [0, 0.05) is 4.47 Å². The Labute approximate surface area is 135 Å². The Bertz CT molecular complexity index is 665. The Balaban J connectivity index is 2.56. The third kappa shape index (κ3) is 3.43. The number of alkyl halides is 4. The van der Waals surface area contributed by atoms with E-state index in [0.717, 1.165) is 21.7 Å². The highest BCUT2D eigenvalue weighted by Crippen LogP contribution is 2.40. The first-order valence-electron chi connectivity index (χ1n) is 6.28. The normalized spacial score (nSPS) is 13.3. The van der Waals surface area contributed by atoms with Crippen molar-refractivity contribution >= 4 is 27.5 Å². The van der Waals surface area contributed by atoms with Gasteiger partial charge >= 0.3 is 6.18 Å². The number of benzene rings is 2. The molecular formula is C16H13BrClF3. The number of aryl methyl sites for hydroxylation is 2. The van der Waals surface area contributed by atoms with Gasteiger partial charge in [-0.3, -0.25) is 0 Å². The van der Waals surface area contributed by atoms with Crippen LogP contribution in [-0.2, 0) is 6.18 Å². The molecule has 0 N–H and O–H groups in total. The van der Waals surface area contributed by atoms with Gasteiger partial charge in [-0.1, -0.05) is 40.2 Å². The third-order valence-corrected chi connectivity index (χ3v) is 4.68. The standard InChI is InChI=1S/C16H13BrClF3/c1-9-8-14(17)10(2)7-12(9)15(18)11-5-3-4-6-13(11)16(19,20)21/h3-8,15H,1-2H3. The summed E-state index contributed by atoms with van der Waals surface area (Å²) in [6.45, 7) is 3.72. The zero-order chi connectivity index (χ0) is 15.8. The molecule has 0 nitrogen and oxygen atoms in total. The number of halogens is 5. The lowest BCUT2D eigenvalue weighted by molar-refractivity contribution is -0.138. The fourth-order valence-corrected chi connectivity index (χ4v) is 3.10. The fourth-order valence-electron chi connectivity index (χ4n) is 2.22. The van der Waals surface area contributed by atoms with E-state index in [4.69, 9.17) is 11.6 Å². The van der Waals surface area contributed by atoms with Crippen LogP contribution in [0.2, 0.25) is 0 Å². The summed E-state index contributed by atoms with van der Waals surface area (Å²) in [5.74, 6) is 0. The summed E-state index contributed by atoms with van der Waals surface area (Å²) in [5, 5.41) is -0.838.